The van der Waals surface area contributed by atoms with Crippen molar-refractivity contribution >= 4 is 33.9 Å². The van der Waals surface area contributed by atoms with E-state index in [9.17, 15) is 0 Å². The number of hydrogen-bond acceptors (Lipinski definition) is 3. The second-order valence-electron chi connectivity index (χ2n) is 4.96. The van der Waals surface area contributed by atoms with E-state index in [1.165, 1.54) is 5.56 Å². The van der Waals surface area contributed by atoms with Crippen LogP contribution in [0.2, 0.25) is 5.02 Å². The normalized spacial score (nSPS) is 10.9. The summed E-state index contributed by atoms with van der Waals surface area (Å²) in [4.78, 5) is 1.96. The van der Waals surface area contributed by atoms with Crippen molar-refractivity contribution in [2.75, 3.05) is 19.1 Å². The highest BCUT2D eigenvalue weighted by Crippen LogP contribution is 2.39. The quantitative estimate of drug-likeness (QED) is 0.667. The van der Waals surface area contributed by atoms with Gasteiger partial charge in [0.1, 0.15) is 12.0 Å². The molecule has 0 fully saturated rings. The molecule has 3 rings (SSSR count). The molecule has 0 saturated heterocycles. The van der Waals surface area contributed by atoms with E-state index in [1.54, 1.807) is 13.4 Å². The van der Waals surface area contributed by atoms with Crippen LogP contribution in [0.4, 0.5) is 11.6 Å². The zero-order chi connectivity index (χ0) is 15.0. The van der Waals surface area contributed by atoms with E-state index in [1.807, 2.05) is 42.3 Å². The summed E-state index contributed by atoms with van der Waals surface area (Å²) in [5.74, 6) is 1.53. The summed E-state index contributed by atoms with van der Waals surface area (Å²) >= 11 is 6.12. The maximum atomic E-state index is 6.12. The zero-order valence-corrected chi connectivity index (χ0v) is 12.9. The smallest absolute Gasteiger partial charge is 0.207 e. The lowest BCUT2D eigenvalue weighted by atomic mass is 10.1. The van der Waals surface area contributed by atoms with Gasteiger partial charge in [0.15, 0.2) is 0 Å². The summed E-state index contributed by atoms with van der Waals surface area (Å²) in [6.07, 6.45) is 1.77. The lowest BCUT2D eigenvalue weighted by Crippen LogP contribution is -2.10. The standard InChI is InChI=1S/C17H16ClNO2/c1-11-5-4-6-12-10-21-17(16(11)12)19(2)14-9-13(18)7-8-15(14)20-3/h4-10H,1-3H3. The van der Waals surface area contributed by atoms with Crippen LogP contribution in [0, 0.1) is 6.92 Å². The molecule has 2 aromatic carbocycles. The molecule has 0 aliphatic carbocycles. The topological polar surface area (TPSA) is 25.6 Å². The Bertz CT molecular complexity index is 795. The SMILES string of the molecule is COc1ccc(Cl)cc1N(C)c1occ2cccc(C)c12. The largest absolute Gasteiger partial charge is 0.495 e. The van der Waals surface area contributed by atoms with Crippen LogP contribution in [-0.4, -0.2) is 14.2 Å². The fourth-order valence-electron chi connectivity index (χ4n) is 2.54. The summed E-state index contributed by atoms with van der Waals surface area (Å²) in [7, 11) is 3.59. The Labute approximate surface area is 128 Å². The number of aryl methyl sites for hydroxylation is 1. The number of hydrogen-bond donors (Lipinski definition) is 0. The third-order valence-electron chi connectivity index (χ3n) is 3.62. The van der Waals surface area contributed by atoms with Gasteiger partial charge in [0.25, 0.3) is 0 Å². The fraction of sp³-hybridized carbons (Fsp3) is 0.176. The van der Waals surface area contributed by atoms with Gasteiger partial charge in [0.2, 0.25) is 5.88 Å². The van der Waals surface area contributed by atoms with Crippen LogP contribution in [0.3, 0.4) is 0 Å². The first-order valence-corrected chi connectivity index (χ1v) is 7.03. The Balaban J connectivity index is 2.17. The molecule has 108 valence electrons. The molecule has 0 N–H and O–H groups in total. The van der Waals surface area contributed by atoms with Gasteiger partial charge in [-0.3, -0.25) is 0 Å². The molecule has 0 aliphatic rings. The Morgan fingerprint density at radius 1 is 1.19 bits per heavy atom. The highest BCUT2D eigenvalue weighted by Gasteiger charge is 2.17. The number of halogens is 1. The van der Waals surface area contributed by atoms with E-state index in [-0.39, 0.29) is 0 Å². The molecule has 0 atom stereocenters. The minimum Gasteiger partial charge on any atom is -0.495 e. The van der Waals surface area contributed by atoms with Crippen molar-refractivity contribution in [3.05, 3.63) is 53.2 Å². The van der Waals surface area contributed by atoms with Crippen LogP contribution < -0.4 is 9.64 Å². The molecule has 0 aliphatic heterocycles. The number of rotatable bonds is 3. The molecule has 1 aromatic heterocycles. The van der Waals surface area contributed by atoms with Crippen LogP contribution >= 0.6 is 11.6 Å². The average molecular weight is 302 g/mol. The molecule has 21 heavy (non-hydrogen) atoms. The lowest BCUT2D eigenvalue weighted by Gasteiger charge is -2.20. The summed E-state index contributed by atoms with van der Waals surface area (Å²) in [5.41, 5.74) is 2.04. The van der Waals surface area contributed by atoms with Crippen molar-refractivity contribution in [1.82, 2.24) is 0 Å². The monoisotopic (exact) mass is 301 g/mol. The van der Waals surface area contributed by atoms with Gasteiger partial charge < -0.3 is 14.1 Å². The van der Waals surface area contributed by atoms with Crippen LogP contribution in [0.5, 0.6) is 5.75 Å². The lowest BCUT2D eigenvalue weighted by molar-refractivity contribution is 0.415. The molecule has 0 spiro atoms. The van der Waals surface area contributed by atoms with Crippen molar-refractivity contribution in [2.24, 2.45) is 0 Å². The number of fused-ring (bicyclic) bond motifs is 1. The van der Waals surface area contributed by atoms with Crippen molar-refractivity contribution in [1.29, 1.82) is 0 Å². The molecular weight excluding hydrogens is 286 g/mol. The second-order valence-corrected chi connectivity index (χ2v) is 5.39. The third-order valence-corrected chi connectivity index (χ3v) is 3.86. The molecule has 4 heteroatoms. The third kappa shape index (κ3) is 2.34. The summed E-state index contributed by atoms with van der Waals surface area (Å²) in [5, 5.41) is 2.84. The van der Waals surface area contributed by atoms with Gasteiger partial charge in [-0.05, 0) is 30.7 Å². The van der Waals surface area contributed by atoms with E-state index in [0.717, 1.165) is 28.1 Å². The first kappa shape index (κ1) is 13.8. The van der Waals surface area contributed by atoms with Gasteiger partial charge in [0, 0.05) is 22.8 Å². The molecule has 0 amide bonds. The Morgan fingerprint density at radius 2 is 2.00 bits per heavy atom. The van der Waals surface area contributed by atoms with Gasteiger partial charge in [0.05, 0.1) is 12.8 Å². The van der Waals surface area contributed by atoms with Crippen molar-refractivity contribution in [3.8, 4) is 5.75 Å². The maximum absolute atomic E-state index is 6.12. The molecular formula is C17H16ClNO2. The minimum absolute atomic E-state index is 0.658. The average Bonchev–Trinajstić information content (AvgIpc) is 2.92. The van der Waals surface area contributed by atoms with Gasteiger partial charge in [-0.2, -0.15) is 0 Å². The first-order chi connectivity index (χ1) is 10.1. The summed E-state index contributed by atoms with van der Waals surface area (Å²) in [6.45, 7) is 2.07. The number of furan rings is 1. The Kier molecular flexibility index (Phi) is 3.52. The molecule has 1 heterocycles. The zero-order valence-electron chi connectivity index (χ0n) is 12.2. The number of anilines is 2. The van der Waals surface area contributed by atoms with Gasteiger partial charge in [-0.1, -0.05) is 29.8 Å². The number of ether oxygens (including phenoxy) is 1. The van der Waals surface area contributed by atoms with Crippen molar-refractivity contribution in [3.63, 3.8) is 0 Å². The molecule has 0 bridgehead atoms. The predicted octanol–water partition coefficient (Wildman–Crippen LogP) is 5.17. The van der Waals surface area contributed by atoms with E-state index in [4.69, 9.17) is 20.8 Å². The van der Waals surface area contributed by atoms with E-state index in [0.29, 0.717) is 5.02 Å². The van der Waals surface area contributed by atoms with E-state index >= 15 is 0 Å². The Morgan fingerprint density at radius 3 is 2.76 bits per heavy atom. The Hall–Kier alpha value is -2.13. The second kappa shape index (κ2) is 5.34. The highest BCUT2D eigenvalue weighted by molar-refractivity contribution is 6.31. The van der Waals surface area contributed by atoms with E-state index in [2.05, 4.69) is 13.0 Å². The molecule has 0 radical (unpaired) electrons. The fourth-order valence-corrected chi connectivity index (χ4v) is 2.71. The van der Waals surface area contributed by atoms with Crippen LogP contribution in [0.1, 0.15) is 5.56 Å². The van der Waals surface area contributed by atoms with Gasteiger partial charge in [-0.25, -0.2) is 0 Å². The molecule has 0 saturated carbocycles. The number of benzene rings is 2. The number of methoxy groups -OCH3 is 1. The van der Waals surface area contributed by atoms with Crippen molar-refractivity contribution in [2.45, 2.75) is 6.92 Å². The predicted molar refractivity (Wildman–Crippen MR) is 87.0 cm³/mol. The molecule has 3 nitrogen and oxygen atoms in total. The van der Waals surface area contributed by atoms with Gasteiger partial charge in [-0.15, -0.1) is 0 Å². The van der Waals surface area contributed by atoms with Crippen LogP contribution in [0.25, 0.3) is 10.8 Å². The highest BCUT2D eigenvalue weighted by atomic mass is 35.5. The summed E-state index contributed by atoms with van der Waals surface area (Å²) < 4.78 is 11.2. The minimum atomic E-state index is 0.658. The first-order valence-electron chi connectivity index (χ1n) is 6.66. The van der Waals surface area contributed by atoms with Gasteiger partial charge >= 0.3 is 0 Å². The van der Waals surface area contributed by atoms with Crippen LogP contribution in [-0.2, 0) is 0 Å². The molecule has 0 unspecified atom stereocenters. The number of nitrogens with zero attached hydrogens (tertiary/aromatic N) is 1. The summed E-state index contributed by atoms with van der Waals surface area (Å²) in [6, 6.07) is 11.7. The molecule has 3 aromatic rings. The maximum Gasteiger partial charge on any atom is 0.207 e. The van der Waals surface area contributed by atoms with E-state index < -0.39 is 0 Å². The van der Waals surface area contributed by atoms with Crippen LogP contribution in [0.15, 0.2) is 47.1 Å². The van der Waals surface area contributed by atoms with Crippen molar-refractivity contribution < 1.29 is 9.15 Å².